The van der Waals surface area contributed by atoms with Gasteiger partial charge in [0.2, 0.25) is 0 Å². The van der Waals surface area contributed by atoms with Gasteiger partial charge in [-0.15, -0.1) is 0 Å². The molecular weight excluding hydrogens is 212 g/mol. The topological polar surface area (TPSA) is 53.6 Å². The zero-order valence-electron chi connectivity index (χ0n) is 10.9. The summed E-state index contributed by atoms with van der Waals surface area (Å²) in [5, 5.41) is 10.4. The van der Waals surface area contributed by atoms with Crippen LogP contribution in [0, 0.1) is 0 Å². The van der Waals surface area contributed by atoms with Gasteiger partial charge in [0, 0.05) is 30.1 Å². The van der Waals surface area contributed by atoms with Crippen molar-refractivity contribution in [1.29, 1.82) is 0 Å². The molecular formula is C13H20N4. The van der Waals surface area contributed by atoms with Crippen LogP contribution in [0.2, 0.25) is 0 Å². The summed E-state index contributed by atoms with van der Waals surface area (Å²) in [5.74, 6) is 0.872. The fourth-order valence-corrected chi connectivity index (χ4v) is 1.37. The van der Waals surface area contributed by atoms with Crippen molar-refractivity contribution in [3.05, 3.63) is 30.6 Å². The van der Waals surface area contributed by atoms with Crippen LogP contribution >= 0.6 is 0 Å². The van der Waals surface area contributed by atoms with E-state index < -0.39 is 0 Å². The Morgan fingerprint density at radius 3 is 2.41 bits per heavy atom. The minimum absolute atomic E-state index is 0.388. The number of nitrogens with one attached hydrogen (secondary N) is 2. The fraction of sp³-hybridized carbons (Fsp3) is 0.385. The summed E-state index contributed by atoms with van der Waals surface area (Å²) in [7, 11) is 0. The molecule has 0 saturated carbocycles. The number of rotatable bonds is 3. The lowest BCUT2D eigenvalue weighted by Crippen LogP contribution is -2.09. The smallest absolute Gasteiger partial charge is 0.148 e. The number of hydrogen-bond acceptors (Lipinski definition) is 3. The first-order chi connectivity index (χ1) is 8.25. The van der Waals surface area contributed by atoms with E-state index in [9.17, 15) is 0 Å². The van der Waals surface area contributed by atoms with E-state index in [0.29, 0.717) is 6.04 Å². The molecule has 2 aromatic rings. The molecule has 0 aromatic carbocycles. The van der Waals surface area contributed by atoms with E-state index in [4.69, 9.17) is 0 Å². The van der Waals surface area contributed by atoms with Gasteiger partial charge in [-0.1, -0.05) is 13.8 Å². The molecule has 0 aliphatic heterocycles. The third-order valence-electron chi connectivity index (χ3n) is 2.01. The maximum absolute atomic E-state index is 4.18. The SMILES string of the molecule is CC.CC(C)Nc1cc(-c2ccncc2)[nH]n1. The van der Waals surface area contributed by atoms with Crippen LogP contribution in [-0.2, 0) is 0 Å². The highest BCUT2D eigenvalue weighted by molar-refractivity contribution is 5.61. The zero-order valence-corrected chi connectivity index (χ0v) is 10.9. The van der Waals surface area contributed by atoms with Crippen LogP contribution in [0.3, 0.4) is 0 Å². The van der Waals surface area contributed by atoms with Crippen molar-refractivity contribution in [3.63, 3.8) is 0 Å². The van der Waals surface area contributed by atoms with Gasteiger partial charge in [-0.25, -0.2) is 0 Å². The predicted octanol–water partition coefficient (Wildman–Crippen LogP) is 3.32. The zero-order chi connectivity index (χ0) is 12.7. The first-order valence-electron chi connectivity index (χ1n) is 5.98. The molecule has 0 saturated heterocycles. The first kappa shape index (κ1) is 13.2. The molecule has 2 N–H and O–H groups in total. The van der Waals surface area contributed by atoms with E-state index in [1.54, 1.807) is 12.4 Å². The Kier molecular flexibility index (Phi) is 5.20. The lowest BCUT2D eigenvalue weighted by atomic mass is 10.2. The first-order valence-corrected chi connectivity index (χ1v) is 5.98. The Bertz CT molecular complexity index is 420. The minimum atomic E-state index is 0.388. The van der Waals surface area contributed by atoms with Crippen LogP contribution in [0.5, 0.6) is 0 Å². The van der Waals surface area contributed by atoms with Crippen LogP contribution in [-0.4, -0.2) is 21.2 Å². The van der Waals surface area contributed by atoms with Crippen molar-refractivity contribution in [2.75, 3.05) is 5.32 Å². The van der Waals surface area contributed by atoms with Crippen LogP contribution in [0.1, 0.15) is 27.7 Å². The second kappa shape index (κ2) is 6.68. The van der Waals surface area contributed by atoms with E-state index in [2.05, 4.69) is 34.3 Å². The van der Waals surface area contributed by atoms with Crippen molar-refractivity contribution in [2.24, 2.45) is 0 Å². The van der Waals surface area contributed by atoms with E-state index >= 15 is 0 Å². The number of aromatic nitrogens is 3. The Labute approximate surface area is 102 Å². The second-order valence-electron chi connectivity index (χ2n) is 3.70. The Hall–Kier alpha value is -1.84. The van der Waals surface area contributed by atoms with Gasteiger partial charge in [-0.05, 0) is 26.0 Å². The average molecular weight is 232 g/mol. The van der Waals surface area contributed by atoms with Gasteiger partial charge in [-0.3, -0.25) is 10.1 Å². The number of nitrogens with zero attached hydrogens (tertiary/aromatic N) is 2. The van der Waals surface area contributed by atoms with Gasteiger partial charge in [0.05, 0.1) is 5.69 Å². The highest BCUT2D eigenvalue weighted by Crippen LogP contribution is 2.18. The van der Waals surface area contributed by atoms with Crippen molar-refractivity contribution < 1.29 is 0 Å². The molecule has 0 bridgehead atoms. The summed E-state index contributed by atoms with van der Waals surface area (Å²) in [4.78, 5) is 3.98. The van der Waals surface area contributed by atoms with Crippen molar-refractivity contribution in [2.45, 2.75) is 33.7 Å². The van der Waals surface area contributed by atoms with Crippen LogP contribution < -0.4 is 5.32 Å². The molecule has 92 valence electrons. The third-order valence-corrected chi connectivity index (χ3v) is 2.01. The maximum atomic E-state index is 4.18. The minimum Gasteiger partial charge on any atom is -0.366 e. The molecule has 0 aliphatic carbocycles. The quantitative estimate of drug-likeness (QED) is 0.853. The monoisotopic (exact) mass is 232 g/mol. The van der Waals surface area contributed by atoms with Gasteiger partial charge in [0.25, 0.3) is 0 Å². The van der Waals surface area contributed by atoms with Crippen molar-refractivity contribution >= 4 is 5.82 Å². The summed E-state index contributed by atoms with van der Waals surface area (Å²) in [5.41, 5.74) is 2.09. The van der Waals surface area contributed by atoms with Crippen molar-refractivity contribution in [1.82, 2.24) is 15.2 Å². The third kappa shape index (κ3) is 3.90. The fourth-order valence-electron chi connectivity index (χ4n) is 1.37. The van der Waals surface area contributed by atoms with E-state index in [1.165, 1.54) is 0 Å². The molecule has 2 heterocycles. The molecule has 0 radical (unpaired) electrons. The molecule has 0 fully saturated rings. The largest absolute Gasteiger partial charge is 0.366 e. The molecule has 0 spiro atoms. The summed E-state index contributed by atoms with van der Waals surface area (Å²) in [6, 6.07) is 6.29. The van der Waals surface area contributed by atoms with E-state index in [-0.39, 0.29) is 0 Å². The number of hydrogen-bond donors (Lipinski definition) is 2. The molecule has 0 amide bonds. The Balaban J connectivity index is 0.000000686. The normalized spacial score (nSPS) is 9.71. The summed E-state index contributed by atoms with van der Waals surface area (Å²) < 4.78 is 0. The van der Waals surface area contributed by atoms with Crippen LogP contribution in [0.4, 0.5) is 5.82 Å². The van der Waals surface area contributed by atoms with Gasteiger partial charge < -0.3 is 5.32 Å². The van der Waals surface area contributed by atoms with Gasteiger partial charge in [0.15, 0.2) is 0 Å². The highest BCUT2D eigenvalue weighted by Gasteiger charge is 2.03. The van der Waals surface area contributed by atoms with Crippen molar-refractivity contribution in [3.8, 4) is 11.3 Å². The molecule has 17 heavy (non-hydrogen) atoms. The lowest BCUT2D eigenvalue weighted by molar-refractivity contribution is 0.884. The highest BCUT2D eigenvalue weighted by atomic mass is 15.2. The molecule has 2 rings (SSSR count). The van der Waals surface area contributed by atoms with Gasteiger partial charge >= 0.3 is 0 Å². The Morgan fingerprint density at radius 2 is 1.82 bits per heavy atom. The molecule has 4 nitrogen and oxygen atoms in total. The number of pyridine rings is 1. The summed E-state index contributed by atoms with van der Waals surface area (Å²) in [6.07, 6.45) is 3.54. The molecule has 0 atom stereocenters. The average Bonchev–Trinajstić information content (AvgIpc) is 2.80. The predicted molar refractivity (Wildman–Crippen MR) is 71.9 cm³/mol. The Morgan fingerprint density at radius 1 is 1.18 bits per heavy atom. The number of anilines is 1. The maximum Gasteiger partial charge on any atom is 0.148 e. The summed E-state index contributed by atoms with van der Waals surface area (Å²) in [6.45, 7) is 8.17. The number of H-pyrrole nitrogens is 1. The van der Waals surface area contributed by atoms with Crippen LogP contribution in [0.25, 0.3) is 11.3 Å². The standard InChI is InChI=1S/C11H14N4.C2H6/c1-8(2)13-11-7-10(14-15-11)9-3-5-12-6-4-9;1-2/h3-8H,1-2H3,(H2,13,14,15);1-2H3. The number of aromatic amines is 1. The van der Waals surface area contributed by atoms with Crippen LogP contribution in [0.15, 0.2) is 30.6 Å². The lowest BCUT2D eigenvalue weighted by Gasteiger charge is -2.04. The second-order valence-corrected chi connectivity index (χ2v) is 3.70. The van der Waals surface area contributed by atoms with E-state index in [1.807, 2.05) is 32.0 Å². The van der Waals surface area contributed by atoms with Gasteiger partial charge in [0.1, 0.15) is 5.82 Å². The van der Waals surface area contributed by atoms with Gasteiger partial charge in [-0.2, -0.15) is 5.10 Å². The summed E-state index contributed by atoms with van der Waals surface area (Å²) >= 11 is 0. The molecule has 4 heteroatoms. The van der Waals surface area contributed by atoms with E-state index in [0.717, 1.165) is 17.1 Å². The molecule has 0 aliphatic rings. The molecule has 0 unspecified atom stereocenters. The molecule has 2 aromatic heterocycles.